The number of carbonyl (C=O) groups excluding carboxylic acids is 2. The largest absolute Gasteiger partial charge is 0.455 e. The fourth-order valence-electron chi connectivity index (χ4n) is 2.04. The minimum Gasteiger partial charge on any atom is -0.455 e. The molecule has 25 heavy (non-hydrogen) atoms. The molecule has 9 heteroatoms. The van der Waals surface area contributed by atoms with Crippen molar-refractivity contribution in [3.05, 3.63) is 16.3 Å². The van der Waals surface area contributed by atoms with Crippen LogP contribution in [0.25, 0.3) is 10.2 Å². The summed E-state index contributed by atoms with van der Waals surface area (Å²) in [7, 11) is 0. The summed E-state index contributed by atoms with van der Waals surface area (Å²) in [4.78, 5) is 34.2. The lowest BCUT2D eigenvalue weighted by Crippen LogP contribution is -2.29. The van der Waals surface area contributed by atoms with E-state index in [1.807, 2.05) is 26.8 Å². The van der Waals surface area contributed by atoms with Crippen molar-refractivity contribution in [1.82, 2.24) is 15.3 Å². The monoisotopic (exact) mass is 378 g/mol. The molecule has 7 nitrogen and oxygen atoms in total. The predicted octanol–water partition coefficient (Wildman–Crippen LogP) is 2.28. The number of esters is 1. The normalized spacial score (nSPS) is 10.5. The van der Waals surface area contributed by atoms with E-state index < -0.39 is 11.9 Å². The minimum absolute atomic E-state index is 0.0609. The maximum Gasteiger partial charge on any atom is 0.316 e. The van der Waals surface area contributed by atoms with Crippen molar-refractivity contribution >= 4 is 45.2 Å². The molecule has 132 valence electrons. The number of hydrogen-bond donors (Lipinski definition) is 1. The molecule has 0 unspecified atom stereocenters. The summed E-state index contributed by atoms with van der Waals surface area (Å²) in [5, 5.41) is 12.6. The van der Waals surface area contributed by atoms with Crippen LogP contribution in [-0.4, -0.2) is 40.7 Å². The molecule has 0 fully saturated rings. The summed E-state index contributed by atoms with van der Waals surface area (Å²) in [6, 6.07) is 1.91. The smallest absolute Gasteiger partial charge is 0.316 e. The van der Waals surface area contributed by atoms with Crippen molar-refractivity contribution in [1.29, 1.82) is 5.26 Å². The molecule has 1 N–H and O–H groups in total. The molecule has 0 saturated heterocycles. The molecule has 2 aromatic heterocycles. The lowest BCUT2D eigenvalue weighted by Gasteiger charge is -2.06. The summed E-state index contributed by atoms with van der Waals surface area (Å²) in [5.41, 5.74) is 1.12. The molecule has 0 spiro atoms. The SMILES string of the molecule is Cc1nc(SCC(=O)OCC(=O)NCCC#N)c2c(C)c(C)sc2n1. The van der Waals surface area contributed by atoms with Crippen molar-refractivity contribution in [2.45, 2.75) is 32.2 Å². The highest BCUT2D eigenvalue weighted by Gasteiger charge is 2.16. The molecule has 1 amide bonds. The zero-order valence-corrected chi connectivity index (χ0v) is 15.8. The molecular weight excluding hydrogens is 360 g/mol. The number of fused-ring (bicyclic) bond motifs is 1. The minimum atomic E-state index is -0.491. The topological polar surface area (TPSA) is 105 Å². The first-order valence-corrected chi connectivity index (χ1v) is 9.39. The number of thioether (sulfide) groups is 1. The van der Waals surface area contributed by atoms with Gasteiger partial charge in [-0.15, -0.1) is 11.3 Å². The number of aryl methyl sites for hydroxylation is 3. The van der Waals surface area contributed by atoms with Crippen LogP contribution in [0.1, 0.15) is 22.7 Å². The molecule has 0 aromatic carbocycles. The number of ether oxygens (including phenoxy) is 1. The first-order valence-electron chi connectivity index (χ1n) is 7.58. The Hall–Kier alpha value is -2.18. The van der Waals surface area contributed by atoms with Crippen LogP contribution in [0.5, 0.6) is 0 Å². The van der Waals surface area contributed by atoms with Gasteiger partial charge in [0.15, 0.2) is 6.61 Å². The Morgan fingerprint density at radius 1 is 1.32 bits per heavy atom. The number of rotatable bonds is 7. The van der Waals surface area contributed by atoms with Crippen molar-refractivity contribution in [3.63, 3.8) is 0 Å². The fraction of sp³-hybridized carbons (Fsp3) is 0.438. The highest BCUT2D eigenvalue weighted by atomic mass is 32.2. The van der Waals surface area contributed by atoms with Crippen LogP contribution >= 0.6 is 23.1 Å². The fourth-order valence-corrected chi connectivity index (χ4v) is 4.11. The van der Waals surface area contributed by atoms with E-state index in [1.165, 1.54) is 16.6 Å². The van der Waals surface area contributed by atoms with Gasteiger partial charge < -0.3 is 10.1 Å². The summed E-state index contributed by atoms with van der Waals surface area (Å²) in [6.45, 7) is 5.76. The Balaban J connectivity index is 1.93. The van der Waals surface area contributed by atoms with Gasteiger partial charge in [-0.25, -0.2) is 9.97 Å². The lowest BCUT2D eigenvalue weighted by atomic mass is 10.2. The summed E-state index contributed by atoms with van der Waals surface area (Å²) < 4.78 is 4.94. The van der Waals surface area contributed by atoms with Gasteiger partial charge in [0, 0.05) is 16.8 Å². The van der Waals surface area contributed by atoms with Crippen molar-refractivity contribution in [2.24, 2.45) is 0 Å². The van der Waals surface area contributed by atoms with Gasteiger partial charge >= 0.3 is 5.97 Å². The Morgan fingerprint density at radius 2 is 2.08 bits per heavy atom. The summed E-state index contributed by atoms with van der Waals surface area (Å²) in [6.07, 6.45) is 0.220. The van der Waals surface area contributed by atoms with Crippen molar-refractivity contribution in [3.8, 4) is 6.07 Å². The molecule has 0 aliphatic rings. The maximum absolute atomic E-state index is 11.8. The predicted molar refractivity (Wildman–Crippen MR) is 96.5 cm³/mol. The van der Waals surface area contributed by atoms with Crippen LogP contribution in [0.15, 0.2) is 5.03 Å². The van der Waals surface area contributed by atoms with Gasteiger partial charge in [-0.1, -0.05) is 11.8 Å². The number of nitriles is 1. The van der Waals surface area contributed by atoms with Gasteiger partial charge in [0.05, 0.1) is 18.2 Å². The number of hydrogen-bond acceptors (Lipinski definition) is 8. The Kier molecular flexibility index (Phi) is 6.73. The third kappa shape index (κ3) is 5.14. The second-order valence-electron chi connectivity index (χ2n) is 5.25. The second kappa shape index (κ2) is 8.78. The van der Waals surface area contributed by atoms with Crippen LogP contribution in [-0.2, 0) is 14.3 Å². The molecule has 2 heterocycles. The van der Waals surface area contributed by atoms with Crippen molar-refractivity contribution in [2.75, 3.05) is 18.9 Å². The number of carbonyl (C=O) groups is 2. The van der Waals surface area contributed by atoms with Crippen LogP contribution in [0.3, 0.4) is 0 Å². The van der Waals surface area contributed by atoms with Crippen LogP contribution in [0, 0.1) is 32.1 Å². The zero-order valence-electron chi connectivity index (χ0n) is 14.2. The molecule has 0 atom stereocenters. The summed E-state index contributed by atoms with van der Waals surface area (Å²) >= 11 is 2.89. The van der Waals surface area contributed by atoms with Crippen LogP contribution in [0.4, 0.5) is 0 Å². The highest BCUT2D eigenvalue weighted by molar-refractivity contribution is 8.00. The van der Waals surface area contributed by atoms with Gasteiger partial charge in [0.25, 0.3) is 5.91 Å². The van der Waals surface area contributed by atoms with Crippen molar-refractivity contribution < 1.29 is 14.3 Å². The number of amides is 1. The van der Waals surface area contributed by atoms with Gasteiger partial charge in [0.2, 0.25) is 0 Å². The highest BCUT2D eigenvalue weighted by Crippen LogP contribution is 2.35. The average Bonchev–Trinajstić information content (AvgIpc) is 2.85. The molecule has 0 saturated carbocycles. The van der Waals surface area contributed by atoms with Gasteiger partial charge in [-0.3, -0.25) is 9.59 Å². The first-order chi connectivity index (χ1) is 11.9. The molecule has 2 rings (SSSR count). The number of thiophene rings is 1. The molecule has 0 aliphatic carbocycles. The molecule has 0 aliphatic heterocycles. The quantitative estimate of drug-likeness (QED) is 0.341. The molecular formula is C16H18N4O3S2. The summed E-state index contributed by atoms with van der Waals surface area (Å²) in [5.74, 6) is -0.195. The third-order valence-electron chi connectivity index (χ3n) is 3.36. The van der Waals surface area contributed by atoms with Gasteiger partial charge in [-0.2, -0.15) is 5.26 Å². The molecule has 0 bridgehead atoms. The number of aromatic nitrogens is 2. The van der Waals surface area contributed by atoms with E-state index in [1.54, 1.807) is 11.3 Å². The Bertz CT molecular complexity index is 842. The number of nitrogens with zero attached hydrogens (tertiary/aromatic N) is 3. The van der Waals surface area contributed by atoms with Crippen LogP contribution < -0.4 is 5.32 Å². The van der Waals surface area contributed by atoms with E-state index in [9.17, 15) is 9.59 Å². The third-order valence-corrected chi connectivity index (χ3v) is 5.41. The van der Waals surface area contributed by atoms with E-state index in [4.69, 9.17) is 10.00 Å². The van der Waals surface area contributed by atoms with E-state index >= 15 is 0 Å². The Labute approximate surface area is 153 Å². The van der Waals surface area contributed by atoms with E-state index in [-0.39, 0.29) is 25.3 Å². The zero-order chi connectivity index (χ0) is 18.4. The van der Waals surface area contributed by atoms with E-state index in [0.29, 0.717) is 5.82 Å². The molecule has 2 aromatic rings. The van der Waals surface area contributed by atoms with Crippen LogP contribution in [0.2, 0.25) is 0 Å². The first kappa shape index (κ1) is 19.1. The van der Waals surface area contributed by atoms with E-state index in [0.717, 1.165) is 20.8 Å². The van der Waals surface area contributed by atoms with E-state index in [2.05, 4.69) is 15.3 Å². The second-order valence-corrected chi connectivity index (χ2v) is 7.41. The molecule has 0 radical (unpaired) electrons. The standard InChI is InChI=1S/C16H18N4O3S2/c1-9-10(2)25-16-14(9)15(19-11(3)20-16)24-8-13(22)23-7-12(21)18-6-4-5-17/h4,6-8H2,1-3H3,(H,18,21). The average molecular weight is 378 g/mol. The Morgan fingerprint density at radius 3 is 2.80 bits per heavy atom. The van der Waals surface area contributed by atoms with Gasteiger partial charge in [-0.05, 0) is 26.3 Å². The number of nitrogens with one attached hydrogen (secondary N) is 1. The lowest BCUT2D eigenvalue weighted by molar-refractivity contribution is -0.145. The maximum atomic E-state index is 11.8. The van der Waals surface area contributed by atoms with Gasteiger partial charge in [0.1, 0.15) is 15.7 Å².